The van der Waals surface area contributed by atoms with E-state index in [-0.39, 0.29) is 12.1 Å². The van der Waals surface area contributed by atoms with Crippen LogP contribution in [0.15, 0.2) is 48.5 Å². The first-order chi connectivity index (χ1) is 10.3. The van der Waals surface area contributed by atoms with Crippen LogP contribution in [0.3, 0.4) is 0 Å². The second-order valence-electron chi connectivity index (χ2n) is 4.93. The van der Waals surface area contributed by atoms with Gasteiger partial charge in [-0.05, 0) is 25.1 Å². The van der Waals surface area contributed by atoms with E-state index in [1.165, 1.54) is 0 Å². The van der Waals surface area contributed by atoms with Crippen LogP contribution in [0.1, 0.15) is 29.0 Å². The number of hydrogen-bond acceptors (Lipinski definition) is 3. The normalized spacial score (nSPS) is 17.1. The molecule has 3 rings (SSSR count). The summed E-state index contributed by atoms with van der Waals surface area (Å²) < 4.78 is 5.44. The summed E-state index contributed by atoms with van der Waals surface area (Å²) in [7, 11) is 1.65. The molecule has 0 spiro atoms. The van der Waals surface area contributed by atoms with Crippen LogP contribution in [0.25, 0.3) is 0 Å². The molecular formula is C17H18N2O2. The number of carbonyl (C=O) groups is 1. The van der Waals surface area contributed by atoms with Gasteiger partial charge in [0.05, 0.1) is 12.7 Å². The number of carbonyl (C=O) groups excluding carboxylic acids is 1. The lowest BCUT2D eigenvalue weighted by Crippen LogP contribution is -2.42. The van der Waals surface area contributed by atoms with Crippen molar-refractivity contribution >= 4 is 11.6 Å². The predicted octanol–water partition coefficient (Wildman–Crippen LogP) is 3.28. The van der Waals surface area contributed by atoms with Crippen molar-refractivity contribution < 1.29 is 9.53 Å². The molecule has 1 atom stereocenters. The van der Waals surface area contributed by atoms with Gasteiger partial charge in [-0.15, -0.1) is 0 Å². The van der Waals surface area contributed by atoms with E-state index in [4.69, 9.17) is 4.74 Å². The van der Waals surface area contributed by atoms with Crippen molar-refractivity contribution in [2.24, 2.45) is 0 Å². The highest BCUT2D eigenvalue weighted by atomic mass is 16.5. The Hall–Kier alpha value is -2.49. The summed E-state index contributed by atoms with van der Waals surface area (Å²) in [5.41, 5.74) is 2.54. The van der Waals surface area contributed by atoms with Crippen molar-refractivity contribution in [3.8, 4) is 5.75 Å². The molecule has 0 saturated heterocycles. The fourth-order valence-electron chi connectivity index (χ4n) is 2.76. The minimum absolute atomic E-state index is 0.0442. The van der Waals surface area contributed by atoms with Gasteiger partial charge in [0.25, 0.3) is 5.91 Å². The van der Waals surface area contributed by atoms with Crippen LogP contribution < -0.4 is 10.1 Å². The topological polar surface area (TPSA) is 41.6 Å². The van der Waals surface area contributed by atoms with E-state index in [1.54, 1.807) is 7.11 Å². The molecule has 1 heterocycles. The Kier molecular flexibility index (Phi) is 3.52. The van der Waals surface area contributed by atoms with Gasteiger partial charge in [0.1, 0.15) is 11.9 Å². The summed E-state index contributed by atoms with van der Waals surface area (Å²) in [4.78, 5) is 14.5. The maximum absolute atomic E-state index is 12.7. The second-order valence-corrected chi connectivity index (χ2v) is 4.93. The van der Waals surface area contributed by atoms with Crippen molar-refractivity contribution in [2.45, 2.75) is 13.1 Å². The van der Waals surface area contributed by atoms with Gasteiger partial charge in [-0.1, -0.05) is 30.3 Å². The van der Waals surface area contributed by atoms with Gasteiger partial charge < -0.3 is 15.0 Å². The first kappa shape index (κ1) is 13.5. The molecule has 4 heteroatoms. The van der Waals surface area contributed by atoms with E-state index in [0.717, 1.165) is 17.0 Å². The standard InChI is InChI=1S/C17H18N2O2/c1-3-19-16(13-9-5-7-11-15(13)21-2)18-14-10-6-4-8-12(14)17(19)20/h4-11,16,18H,3H2,1-2H3/t16-/m1/s1. The summed E-state index contributed by atoms with van der Waals surface area (Å²) in [6.45, 7) is 2.61. The van der Waals surface area contributed by atoms with Gasteiger partial charge in [0, 0.05) is 17.8 Å². The molecule has 2 aromatic carbocycles. The predicted molar refractivity (Wildman–Crippen MR) is 82.5 cm³/mol. The highest BCUT2D eigenvalue weighted by molar-refractivity contribution is 6.01. The second kappa shape index (κ2) is 5.48. The third kappa shape index (κ3) is 2.23. The van der Waals surface area contributed by atoms with Crippen molar-refractivity contribution in [2.75, 3.05) is 19.0 Å². The molecule has 0 fully saturated rings. The summed E-state index contributed by atoms with van der Waals surface area (Å²) in [6, 6.07) is 15.4. The molecule has 0 aliphatic carbocycles. The van der Waals surface area contributed by atoms with Crippen LogP contribution in [-0.4, -0.2) is 24.5 Å². The Morgan fingerprint density at radius 1 is 1.14 bits per heavy atom. The molecule has 1 amide bonds. The quantitative estimate of drug-likeness (QED) is 0.939. The first-order valence-electron chi connectivity index (χ1n) is 7.05. The average Bonchev–Trinajstić information content (AvgIpc) is 2.54. The van der Waals surface area contributed by atoms with Gasteiger partial charge in [-0.2, -0.15) is 0 Å². The lowest BCUT2D eigenvalue weighted by molar-refractivity contribution is 0.0693. The van der Waals surface area contributed by atoms with Gasteiger partial charge in [0.15, 0.2) is 0 Å². The van der Waals surface area contributed by atoms with Crippen LogP contribution in [0, 0.1) is 0 Å². The maximum atomic E-state index is 12.7. The minimum atomic E-state index is -0.214. The number of benzene rings is 2. The average molecular weight is 282 g/mol. The van der Waals surface area contributed by atoms with Gasteiger partial charge in [-0.25, -0.2) is 0 Å². The van der Waals surface area contributed by atoms with Crippen LogP contribution in [0.4, 0.5) is 5.69 Å². The number of nitrogens with one attached hydrogen (secondary N) is 1. The number of methoxy groups -OCH3 is 1. The number of hydrogen-bond donors (Lipinski definition) is 1. The zero-order chi connectivity index (χ0) is 14.8. The number of ether oxygens (including phenoxy) is 1. The lowest BCUT2D eigenvalue weighted by atomic mass is 10.0. The fourth-order valence-corrected chi connectivity index (χ4v) is 2.76. The highest BCUT2D eigenvalue weighted by Crippen LogP contribution is 2.36. The molecule has 108 valence electrons. The van der Waals surface area contributed by atoms with E-state index < -0.39 is 0 Å². The Balaban J connectivity index is 2.08. The third-order valence-corrected chi connectivity index (χ3v) is 3.80. The Bertz CT molecular complexity index is 669. The number of rotatable bonds is 3. The van der Waals surface area contributed by atoms with Crippen LogP contribution in [0.5, 0.6) is 5.75 Å². The Morgan fingerprint density at radius 2 is 1.86 bits per heavy atom. The first-order valence-corrected chi connectivity index (χ1v) is 7.05. The van der Waals surface area contributed by atoms with Crippen LogP contribution in [-0.2, 0) is 0 Å². The SMILES string of the molecule is CCN1C(=O)c2ccccc2N[C@H]1c1ccccc1OC. The van der Waals surface area contributed by atoms with E-state index in [1.807, 2.05) is 60.4 Å². The number of anilines is 1. The summed E-state index contributed by atoms with van der Waals surface area (Å²) >= 11 is 0. The Morgan fingerprint density at radius 3 is 2.62 bits per heavy atom. The van der Waals surface area contributed by atoms with E-state index >= 15 is 0 Å². The van der Waals surface area contributed by atoms with Gasteiger partial charge in [0.2, 0.25) is 0 Å². The molecule has 0 radical (unpaired) electrons. The monoisotopic (exact) mass is 282 g/mol. The molecule has 0 unspecified atom stereocenters. The molecule has 4 nitrogen and oxygen atoms in total. The molecule has 0 aromatic heterocycles. The summed E-state index contributed by atoms with van der Waals surface area (Å²) in [5.74, 6) is 0.823. The molecular weight excluding hydrogens is 264 g/mol. The lowest BCUT2D eigenvalue weighted by Gasteiger charge is -2.38. The number of fused-ring (bicyclic) bond motifs is 1. The molecule has 1 aliphatic heterocycles. The largest absolute Gasteiger partial charge is 0.496 e. The van der Waals surface area contributed by atoms with E-state index in [0.29, 0.717) is 12.1 Å². The number of nitrogens with zero attached hydrogens (tertiary/aromatic N) is 1. The van der Waals surface area contributed by atoms with Gasteiger partial charge in [-0.3, -0.25) is 4.79 Å². The van der Waals surface area contributed by atoms with Crippen LogP contribution in [0.2, 0.25) is 0 Å². The van der Waals surface area contributed by atoms with Crippen LogP contribution >= 0.6 is 0 Å². The van der Waals surface area contributed by atoms with Gasteiger partial charge >= 0.3 is 0 Å². The zero-order valence-corrected chi connectivity index (χ0v) is 12.2. The molecule has 0 bridgehead atoms. The third-order valence-electron chi connectivity index (χ3n) is 3.80. The molecule has 2 aromatic rings. The summed E-state index contributed by atoms with van der Waals surface area (Å²) in [6.07, 6.45) is -0.214. The maximum Gasteiger partial charge on any atom is 0.257 e. The zero-order valence-electron chi connectivity index (χ0n) is 12.2. The highest BCUT2D eigenvalue weighted by Gasteiger charge is 2.32. The molecule has 0 saturated carbocycles. The minimum Gasteiger partial charge on any atom is -0.496 e. The van der Waals surface area contributed by atoms with Crippen molar-refractivity contribution in [1.82, 2.24) is 4.90 Å². The Labute approximate surface area is 124 Å². The molecule has 1 N–H and O–H groups in total. The fraction of sp³-hybridized carbons (Fsp3) is 0.235. The number of para-hydroxylation sites is 2. The van der Waals surface area contributed by atoms with Crippen molar-refractivity contribution in [1.29, 1.82) is 0 Å². The van der Waals surface area contributed by atoms with Crippen molar-refractivity contribution in [3.63, 3.8) is 0 Å². The van der Waals surface area contributed by atoms with E-state index in [2.05, 4.69) is 5.32 Å². The smallest absolute Gasteiger partial charge is 0.257 e. The van der Waals surface area contributed by atoms with Crippen molar-refractivity contribution in [3.05, 3.63) is 59.7 Å². The van der Waals surface area contributed by atoms with E-state index in [9.17, 15) is 4.79 Å². The summed E-state index contributed by atoms with van der Waals surface area (Å²) in [5, 5.41) is 3.44. The number of amides is 1. The molecule has 1 aliphatic rings. The molecule has 21 heavy (non-hydrogen) atoms.